The first kappa shape index (κ1) is 17.6. The van der Waals surface area contributed by atoms with Gasteiger partial charge in [-0.05, 0) is 55.5 Å². The third-order valence-corrected chi connectivity index (χ3v) is 3.21. The molecule has 0 spiro atoms. The van der Waals surface area contributed by atoms with Gasteiger partial charge in [0, 0.05) is 22.9 Å². The number of halogens is 1. The minimum atomic E-state index is -0.367. The third-order valence-electron chi connectivity index (χ3n) is 2.96. The molecule has 3 N–H and O–H groups in total. The summed E-state index contributed by atoms with van der Waals surface area (Å²) in [7, 11) is 0. The van der Waals surface area contributed by atoms with Gasteiger partial charge in [-0.2, -0.15) is 0 Å². The molecular formula is C17H18ClN3O3. The number of benzene rings is 2. The van der Waals surface area contributed by atoms with Gasteiger partial charge >= 0.3 is 6.03 Å². The molecule has 0 atom stereocenters. The Bertz CT molecular complexity index is 687. The summed E-state index contributed by atoms with van der Waals surface area (Å²) in [5, 5.41) is 8.64. The van der Waals surface area contributed by atoms with Gasteiger partial charge in [0.25, 0.3) is 5.91 Å². The lowest BCUT2D eigenvalue weighted by Crippen LogP contribution is -2.28. The Kier molecular flexibility index (Phi) is 6.45. The smallest absolute Gasteiger partial charge is 0.323 e. The summed E-state index contributed by atoms with van der Waals surface area (Å²) in [5.74, 6) is 0.368. The molecule has 2 aromatic rings. The van der Waals surface area contributed by atoms with Gasteiger partial charge in [-0.15, -0.1) is 0 Å². The Morgan fingerprint density at radius 1 is 0.958 bits per heavy atom. The predicted octanol–water partition coefficient (Wildman–Crippen LogP) is 3.50. The summed E-state index contributed by atoms with van der Waals surface area (Å²) in [6.45, 7) is 2.36. The van der Waals surface area contributed by atoms with E-state index >= 15 is 0 Å². The zero-order chi connectivity index (χ0) is 17.4. The van der Waals surface area contributed by atoms with Crippen molar-refractivity contribution in [3.05, 3.63) is 53.6 Å². The Morgan fingerprint density at radius 2 is 1.50 bits per heavy atom. The topological polar surface area (TPSA) is 79.5 Å². The molecule has 0 saturated heterocycles. The first-order chi connectivity index (χ1) is 11.6. The summed E-state index contributed by atoms with van der Waals surface area (Å²) < 4.78 is 5.33. The number of hydrogen-bond acceptors (Lipinski definition) is 3. The largest absolute Gasteiger partial charge is 0.484 e. The van der Waals surface area contributed by atoms with Gasteiger partial charge in [0.2, 0.25) is 0 Å². The van der Waals surface area contributed by atoms with Crippen LogP contribution in [-0.2, 0) is 4.79 Å². The average Bonchev–Trinajstić information content (AvgIpc) is 2.56. The van der Waals surface area contributed by atoms with E-state index in [0.717, 1.165) is 0 Å². The number of rotatable bonds is 6. The predicted molar refractivity (Wildman–Crippen MR) is 94.7 cm³/mol. The molecule has 2 aromatic carbocycles. The molecule has 0 heterocycles. The highest BCUT2D eigenvalue weighted by Gasteiger charge is 2.04. The number of nitrogens with one attached hydrogen (secondary N) is 3. The van der Waals surface area contributed by atoms with Crippen LogP contribution in [0.5, 0.6) is 5.75 Å². The molecule has 24 heavy (non-hydrogen) atoms. The van der Waals surface area contributed by atoms with Crippen molar-refractivity contribution >= 4 is 34.9 Å². The third kappa shape index (κ3) is 5.81. The Morgan fingerprint density at radius 3 is 2.04 bits per heavy atom. The first-order valence-corrected chi connectivity index (χ1v) is 7.77. The Balaban J connectivity index is 1.83. The standard InChI is InChI=1S/C17H18ClN3O3/c1-2-19-16(22)11-24-15-9-7-14(8-10-15)21-17(23)20-13-5-3-12(18)4-6-13/h3-10H,2,11H2,1H3,(H,19,22)(H2,20,21,23). The molecule has 7 heteroatoms. The SMILES string of the molecule is CCNC(=O)COc1ccc(NC(=O)Nc2ccc(Cl)cc2)cc1. The first-order valence-electron chi connectivity index (χ1n) is 7.40. The van der Waals surface area contributed by atoms with Crippen molar-refractivity contribution in [2.45, 2.75) is 6.92 Å². The van der Waals surface area contributed by atoms with Crippen LogP contribution in [0.4, 0.5) is 16.2 Å². The van der Waals surface area contributed by atoms with E-state index in [4.69, 9.17) is 16.3 Å². The molecule has 6 nitrogen and oxygen atoms in total. The highest BCUT2D eigenvalue weighted by Crippen LogP contribution is 2.17. The van der Waals surface area contributed by atoms with Gasteiger partial charge in [-0.1, -0.05) is 11.6 Å². The van der Waals surface area contributed by atoms with Crippen molar-refractivity contribution < 1.29 is 14.3 Å². The second-order valence-corrected chi connectivity index (χ2v) is 5.29. The maximum Gasteiger partial charge on any atom is 0.323 e. The molecule has 2 rings (SSSR count). The maximum absolute atomic E-state index is 11.9. The summed E-state index contributed by atoms with van der Waals surface area (Å²) in [6.07, 6.45) is 0. The van der Waals surface area contributed by atoms with Crippen molar-refractivity contribution in [1.29, 1.82) is 0 Å². The van der Waals surface area contributed by atoms with E-state index < -0.39 is 0 Å². The van der Waals surface area contributed by atoms with Crippen molar-refractivity contribution in [1.82, 2.24) is 5.32 Å². The second-order valence-electron chi connectivity index (χ2n) is 4.85. The fourth-order valence-corrected chi connectivity index (χ4v) is 1.98. The van der Waals surface area contributed by atoms with Gasteiger partial charge in [0.05, 0.1) is 0 Å². The summed E-state index contributed by atoms with van der Waals surface area (Å²) in [5.41, 5.74) is 1.24. The van der Waals surface area contributed by atoms with Crippen molar-refractivity contribution in [3.63, 3.8) is 0 Å². The van der Waals surface area contributed by atoms with Gasteiger partial charge in [0.15, 0.2) is 6.61 Å². The van der Waals surface area contributed by atoms with Gasteiger partial charge in [-0.3, -0.25) is 4.79 Å². The van der Waals surface area contributed by atoms with Crippen molar-refractivity contribution in [2.75, 3.05) is 23.8 Å². The normalized spacial score (nSPS) is 9.92. The number of carbonyl (C=O) groups is 2. The van der Waals surface area contributed by atoms with Crippen LogP contribution >= 0.6 is 11.6 Å². The fraction of sp³-hybridized carbons (Fsp3) is 0.176. The monoisotopic (exact) mass is 347 g/mol. The lowest BCUT2D eigenvalue weighted by molar-refractivity contribution is -0.122. The quantitative estimate of drug-likeness (QED) is 0.748. The van der Waals surface area contributed by atoms with Crippen LogP contribution in [0.15, 0.2) is 48.5 Å². The van der Waals surface area contributed by atoms with Crippen LogP contribution in [0.2, 0.25) is 5.02 Å². The molecule has 0 fully saturated rings. The molecule has 0 aliphatic heterocycles. The molecule has 0 radical (unpaired) electrons. The Labute approximate surface area is 145 Å². The molecule has 0 bridgehead atoms. The number of hydrogen-bond donors (Lipinski definition) is 3. The second kappa shape index (κ2) is 8.79. The minimum Gasteiger partial charge on any atom is -0.484 e. The van der Waals surface area contributed by atoms with Crippen molar-refractivity contribution in [2.24, 2.45) is 0 Å². The number of likely N-dealkylation sites (N-methyl/N-ethyl adjacent to an activating group) is 1. The number of urea groups is 1. The molecule has 0 aliphatic rings. The number of ether oxygens (including phenoxy) is 1. The summed E-state index contributed by atoms with van der Waals surface area (Å²) in [4.78, 5) is 23.2. The van der Waals surface area contributed by atoms with Gasteiger partial charge in [0.1, 0.15) is 5.75 Å². The van der Waals surface area contributed by atoms with Crippen molar-refractivity contribution in [3.8, 4) is 5.75 Å². The molecular weight excluding hydrogens is 330 g/mol. The van der Waals surface area contributed by atoms with Crippen LogP contribution < -0.4 is 20.7 Å². The van der Waals surface area contributed by atoms with E-state index in [0.29, 0.717) is 28.7 Å². The highest BCUT2D eigenvalue weighted by molar-refractivity contribution is 6.30. The van der Waals surface area contributed by atoms with Crippen LogP contribution in [0.25, 0.3) is 0 Å². The molecule has 0 saturated carbocycles. The zero-order valence-electron chi connectivity index (χ0n) is 13.1. The lowest BCUT2D eigenvalue weighted by atomic mass is 10.3. The van der Waals surface area contributed by atoms with E-state index in [9.17, 15) is 9.59 Å². The van der Waals surface area contributed by atoms with Gasteiger partial charge < -0.3 is 20.7 Å². The molecule has 126 valence electrons. The van der Waals surface area contributed by atoms with E-state index in [1.165, 1.54) is 0 Å². The zero-order valence-corrected chi connectivity index (χ0v) is 13.9. The highest BCUT2D eigenvalue weighted by atomic mass is 35.5. The maximum atomic E-state index is 11.9. The van der Waals surface area contributed by atoms with Gasteiger partial charge in [-0.25, -0.2) is 4.79 Å². The van der Waals surface area contributed by atoms with E-state index in [-0.39, 0.29) is 18.5 Å². The van der Waals surface area contributed by atoms with Crippen LogP contribution in [0, 0.1) is 0 Å². The summed E-state index contributed by atoms with van der Waals surface area (Å²) >= 11 is 5.79. The molecule has 0 aliphatic carbocycles. The number of carbonyl (C=O) groups excluding carboxylic acids is 2. The van der Waals surface area contributed by atoms with Crippen LogP contribution in [0.3, 0.4) is 0 Å². The van der Waals surface area contributed by atoms with E-state index in [1.807, 2.05) is 6.92 Å². The molecule has 0 unspecified atom stereocenters. The molecule has 3 amide bonds. The Hall–Kier alpha value is -2.73. The number of anilines is 2. The minimum absolute atomic E-state index is 0.0440. The molecule has 0 aromatic heterocycles. The number of amides is 3. The fourth-order valence-electron chi connectivity index (χ4n) is 1.86. The van der Waals surface area contributed by atoms with Crippen LogP contribution in [-0.4, -0.2) is 25.1 Å². The summed E-state index contributed by atoms with van der Waals surface area (Å²) in [6, 6.07) is 13.2. The lowest BCUT2D eigenvalue weighted by Gasteiger charge is -2.09. The van der Waals surface area contributed by atoms with E-state index in [2.05, 4.69) is 16.0 Å². The van der Waals surface area contributed by atoms with Crippen LogP contribution in [0.1, 0.15) is 6.92 Å². The average molecular weight is 348 g/mol. The van der Waals surface area contributed by atoms with E-state index in [1.54, 1.807) is 48.5 Å².